The molecule has 0 aliphatic carbocycles. The monoisotopic (exact) mass is 142 g/mol. The van der Waals surface area contributed by atoms with E-state index in [-0.39, 0.29) is 0 Å². The maximum Gasteiger partial charge on any atom is 0.0783 e. The molecule has 1 rings (SSSR count). The van der Waals surface area contributed by atoms with Crippen molar-refractivity contribution >= 4 is 11.5 Å². The van der Waals surface area contributed by atoms with E-state index in [0.29, 0.717) is 5.92 Å². The van der Waals surface area contributed by atoms with Crippen LogP contribution in [0.2, 0.25) is 0 Å². The van der Waals surface area contributed by atoms with Gasteiger partial charge in [-0.15, -0.1) is 5.10 Å². The number of aromatic nitrogens is 2. The Labute approximate surface area is 59.1 Å². The minimum atomic E-state index is 0.573. The Morgan fingerprint density at radius 2 is 2.56 bits per heavy atom. The molecule has 0 saturated heterocycles. The van der Waals surface area contributed by atoms with Gasteiger partial charge in [0.05, 0.1) is 5.69 Å². The first kappa shape index (κ1) is 6.68. The van der Waals surface area contributed by atoms with Crippen molar-refractivity contribution in [1.29, 1.82) is 0 Å². The Morgan fingerprint density at radius 1 is 1.78 bits per heavy atom. The Kier molecular flexibility index (Phi) is 2.16. The van der Waals surface area contributed by atoms with Gasteiger partial charge in [-0.3, -0.25) is 0 Å². The van der Waals surface area contributed by atoms with Crippen LogP contribution >= 0.6 is 11.5 Å². The van der Waals surface area contributed by atoms with Crippen LogP contribution in [0.4, 0.5) is 0 Å². The summed E-state index contributed by atoms with van der Waals surface area (Å²) in [5.74, 6) is 0.573. The molecule has 0 aliphatic rings. The largest absolute Gasteiger partial charge is 0.143 e. The Bertz CT molecular complexity index is 160. The van der Waals surface area contributed by atoms with Gasteiger partial charge in [0.1, 0.15) is 0 Å². The molecule has 0 fully saturated rings. The molecule has 0 aliphatic heterocycles. The van der Waals surface area contributed by atoms with Crippen LogP contribution in [0.15, 0.2) is 5.38 Å². The lowest BCUT2D eigenvalue weighted by Gasteiger charge is -1.99. The van der Waals surface area contributed by atoms with Gasteiger partial charge < -0.3 is 0 Å². The Morgan fingerprint density at radius 3 is 3.00 bits per heavy atom. The second-order valence-corrected chi connectivity index (χ2v) is 2.75. The predicted molar refractivity (Wildman–Crippen MR) is 38.6 cm³/mol. The fourth-order valence-corrected chi connectivity index (χ4v) is 1.17. The standard InChI is InChI=1S/C6H10N2S/c1-3-5(2)6-4-9-8-7-6/h4-5H,3H2,1-2H3. The summed E-state index contributed by atoms with van der Waals surface area (Å²) in [7, 11) is 0. The van der Waals surface area contributed by atoms with Crippen molar-refractivity contribution in [2.24, 2.45) is 0 Å². The number of hydrogen-bond donors (Lipinski definition) is 0. The van der Waals surface area contributed by atoms with Gasteiger partial charge in [0.2, 0.25) is 0 Å². The third kappa shape index (κ3) is 1.48. The van der Waals surface area contributed by atoms with Crippen molar-refractivity contribution in [3.05, 3.63) is 11.1 Å². The molecule has 1 unspecified atom stereocenters. The average Bonchev–Trinajstić information content (AvgIpc) is 2.37. The summed E-state index contributed by atoms with van der Waals surface area (Å²) in [4.78, 5) is 0. The third-order valence-corrected chi connectivity index (χ3v) is 2.02. The van der Waals surface area contributed by atoms with E-state index in [2.05, 4.69) is 23.4 Å². The molecule has 0 N–H and O–H groups in total. The summed E-state index contributed by atoms with van der Waals surface area (Å²) in [5, 5.41) is 5.96. The summed E-state index contributed by atoms with van der Waals surface area (Å²) in [6, 6.07) is 0. The van der Waals surface area contributed by atoms with E-state index in [1.807, 2.05) is 5.38 Å². The molecule has 2 nitrogen and oxygen atoms in total. The highest BCUT2D eigenvalue weighted by Crippen LogP contribution is 2.15. The normalized spacial score (nSPS) is 13.6. The molecule has 0 radical (unpaired) electrons. The first-order valence-corrected chi connectivity index (χ1v) is 3.95. The van der Waals surface area contributed by atoms with E-state index >= 15 is 0 Å². The van der Waals surface area contributed by atoms with Crippen molar-refractivity contribution in [3.63, 3.8) is 0 Å². The highest BCUT2D eigenvalue weighted by atomic mass is 32.1. The quantitative estimate of drug-likeness (QED) is 0.631. The lowest BCUT2D eigenvalue weighted by Crippen LogP contribution is -1.90. The summed E-state index contributed by atoms with van der Waals surface area (Å²) in [6.45, 7) is 4.32. The number of nitrogens with zero attached hydrogens (tertiary/aromatic N) is 2. The Balaban J connectivity index is 2.65. The van der Waals surface area contributed by atoms with Crippen LogP contribution in [0.3, 0.4) is 0 Å². The van der Waals surface area contributed by atoms with Crippen LogP contribution in [-0.2, 0) is 0 Å². The van der Waals surface area contributed by atoms with Crippen molar-refractivity contribution < 1.29 is 0 Å². The van der Waals surface area contributed by atoms with Gasteiger partial charge in [0.25, 0.3) is 0 Å². The van der Waals surface area contributed by atoms with Crippen molar-refractivity contribution in [1.82, 2.24) is 9.59 Å². The minimum absolute atomic E-state index is 0.573. The maximum absolute atomic E-state index is 3.96. The summed E-state index contributed by atoms with van der Waals surface area (Å²) < 4.78 is 3.78. The number of rotatable bonds is 2. The molecule has 0 aromatic carbocycles. The molecule has 0 amide bonds. The van der Waals surface area contributed by atoms with Gasteiger partial charge in [-0.05, 0) is 18.0 Å². The lowest BCUT2D eigenvalue weighted by atomic mass is 10.1. The first-order chi connectivity index (χ1) is 4.34. The topological polar surface area (TPSA) is 25.8 Å². The van der Waals surface area contributed by atoms with Crippen LogP contribution in [0.25, 0.3) is 0 Å². The van der Waals surface area contributed by atoms with Crippen LogP contribution in [0, 0.1) is 0 Å². The summed E-state index contributed by atoms with van der Waals surface area (Å²) in [6.07, 6.45) is 1.14. The maximum atomic E-state index is 3.96. The molecule has 1 atom stereocenters. The molecule has 1 heterocycles. The highest BCUT2D eigenvalue weighted by Gasteiger charge is 2.03. The van der Waals surface area contributed by atoms with E-state index in [0.717, 1.165) is 12.1 Å². The summed E-state index contributed by atoms with van der Waals surface area (Å²) in [5.41, 5.74) is 1.13. The predicted octanol–water partition coefficient (Wildman–Crippen LogP) is 2.05. The molecule has 3 heteroatoms. The van der Waals surface area contributed by atoms with Crippen molar-refractivity contribution in [2.75, 3.05) is 0 Å². The van der Waals surface area contributed by atoms with Crippen LogP contribution < -0.4 is 0 Å². The molecular weight excluding hydrogens is 132 g/mol. The van der Waals surface area contributed by atoms with Crippen LogP contribution in [-0.4, -0.2) is 9.59 Å². The van der Waals surface area contributed by atoms with E-state index < -0.39 is 0 Å². The minimum Gasteiger partial charge on any atom is -0.143 e. The lowest BCUT2D eigenvalue weighted by molar-refractivity contribution is 0.704. The van der Waals surface area contributed by atoms with Gasteiger partial charge in [0.15, 0.2) is 0 Å². The molecule has 9 heavy (non-hydrogen) atoms. The molecule has 1 aromatic rings. The second kappa shape index (κ2) is 2.92. The zero-order valence-corrected chi connectivity index (χ0v) is 6.48. The van der Waals surface area contributed by atoms with E-state index in [1.54, 1.807) is 0 Å². The molecule has 1 aromatic heterocycles. The van der Waals surface area contributed by atoms with Crippen molar-refractivity contribution in [3.8, 4) is 0 Å². The number of hydrogen-bond acceptors (Lipinski definition) is 3. The second-order valence-electron chi connectivity index (χ2n) is 2.14. The van der Waals surface area contributed by atoms with E-state index in [9.17, 15) is 0 Å². The highest BCUT2D eigenvalue weighted by molar-refractivity contribution is 7.03. The van der Waals surface area contributed by atoms with Gasteiger partial charge >= 0.3 is 0 Å². The molecule has 0 bridgehead atoms. The zero-order valence-electron chi connectivity index (χ0n) is 5.66. The van der Waals surface area contributed by atoms with Gasteiger partial charge in [0, 0.05) is 11.3 Å². The molecule has 0 spiro atoms. The SMILES string of the molecule is CCC(C)c1csnn1. The third-order valence-electron chi connectivity index (χ3n) is 1.49. The molecular formula is C6H10N2S. The first-order valence-electron chi connectivity index (χ1n) is 3.11. The van der Waals surface area contributed by atoms with Crippen molar-refractivity contribution in [2.45, 2.75) is 26.2 Å². The van der Waals surface area contributed by atoms with Crippen LogP contribution in [0.5, 0.6) is 0 Å². The van der Waals surface area contributed by atoms with Gasteiger partial charge in [-0.1, -0.05) is 18.3 Å². The summed E-state index contributed by atoms with van der Waals surface area (Å²) >= 11 is 1.42. The van der Waals surface area contributed by atoms with Gasteiger partial charge in [-0.2, -0.15) is 0 Å². The van der Waals surface area contributed by atoms with E-state index in [4.69, 9.17) is 0 Å². The molecule has 50 valence electrons. The zero-order chi connectivity index (χ0) is 6.69. The average molecular weight is 142 g/mol. The fraction of sp³-hybridized carbons (Fsp3) is 0.667. The fourth-order valence-electron chi connectivity index (χ4n) is 0.596. The molecule has 0 saturated carbocycles. The Hall–Kier alpha value is -0.440. The van der Waals surface area contributed by atoms with E-state index in [1.165, 1.54) is 11.5 Å². The smallest absolute Gasteiger partial charge is 0.0783 e. The van der Waals surface area contributed by atoms with Gasteiger partial charge in [-0.25, -0.2) is 0 Å². The van der Waals surface area contributed by atoms with Crippen LogP contribution in [0.1, 0.15) is 31.9 Å².